The van der Waals surface area contributed by atoms with E-state index in [2.05, 4.69) is 15.7 Å². The lowest BCUT2D eigenvalue weighted by Crippen LogP contribution is -2.51. The van der Waals surface area contributed by atoms with Crippen molar-refractivity contribution in [3.63, 3.8) is 0 Å². The summed E-state index contributed by atoms with van der Waals surface area (Å²) in [5, 5.41) is 10.2. The Morgan fingerprint density at radius 3 is 2.24 bits per heavy atom. The van der Waals surface area contributed by atoms with E-state index in [9.17, 15) is 4.79 Å². The van der Waals surface area contributed by atoms with E-state index in [0.717, 1.165) is 11.1 Å². The molecule has 0 aromatic heterocycles. The van der Waals surface area contributed by atoms with Gasteiger partial charge >= 0.3 is 0 Å². The van der Waals surface area contributed by atoms with Gasteiger partial charge in [-0.25, -0.2) is 10.0 Å². The lowest BCUT2D eigenvalue weighted by Gasteiger charge is -2.31. The molecule has 5 N–H and O–H groups in total. The average Bonchev–Trinajstić information content (AvgIpc) is 2.95. The Morgan fingerprint density at radius 1 is 0.868 bits per heavy atom. The van der Waals surface area contributed by atoms with Crippen LogP contribution in [0.5, 0.6) is 5.75 Å². The molecule has 5 rings (SSSR count). The first-order valence-corrected chi connectivity index (χ1v) is 11.8. The van der Waals surface area contributed by atoms with Crippen molar-refractivity contribution >= 4 is 46.3 Å². The summed E-state index contributed by atoms with van der Waals surface area (Å²) in [5.41, 5.74) is 19.5. The maximum absolute atomic E-state index is 13.1. The highest BCUT2D eigenvalue weighted by molar-refractivity contribution is 6.18. The van der Waals surface area contributed by atoms with Crippen LogP contribution in [0.3, 0.4) is 0 Å². The number of nitrogens with zero attached hydrogens (tertiary/aromatic N) is 4. The molecule has 4 aromatic carbocycles. The van der Waals surface area contributed by atoms with Gasteiger partial charge in [0, 0.05) is 5.56 Å². The molecule has 1 heterocycles. The molecule has 1 aliphatic heterocycles. The lowest BCUT2D eigenvalue weighted by atomic mass is 10.1. The second-order valence-corrected chi connectivity index (χ2v) is 8.39. The monoisotopic (exact) mass is 503 g/mol. The molecule has 0 radical (unpaired) electrons. The first-order chi connectivity index (χ1) is 18.5. The molecule has 188 valence electrons. The number of benzene rings is 4. The van der Waals surface area contributed by atoms with Crippen molar-refractivity contribution in [2.45, 2.75) is 0 Å². The number of rotatable bonds is 6. The van der Waals surface area contributed by atoms with Crippen molar-refractivity contribution < 1.29 is 9.53 Å². The van der Waals surface area contributed by atoms with Crippen LogP contribution < -0.4 is 26.6 Å². The van der Waals surface area contributed by atoms with E-state index in [4.69, 9.17) is 21.2 Å². The molecule has 0 saturated heterocycles. The van der Waals surface area contributed by atoms with Crippen molar-refractivity contribution in [1.29, 1.82) is 0 Å². The summed E-state index contributed by atoms with van der Waals surface area (Å²) in [5.74, 6) is 0.820. The fraction of sp³-hybridized carbons (Fsp3) is 0.0345. The normalized spacial score (nSPS) is 14.4. The Kier molecular flexibility index (Phi) is 6.81. The maximum atomic E-state index is 13.1. The second kappa shape index (κ2) is 10.7. The smallest absolute Gasteiger partial charge is 0.288 e. The summed E-state index contributed by atoms with van der Waals surface area (Å²) < 4.78 is 5.18. The number of nitrogen functional groups attached to an aromatic ring is 2. The van der Waals surface area contributed by atoms with Gasteiger partial charge in [-0.3, -0.25) is 10.2 Å². The molecule has 38 heavy (non-hydrogen) atoms. The van der Waals surface area contributed by atoms with Gasteiger partial charge in [-0.1, -0.05) is 60.7 Å². The topological polar surface area (TPSA) is 131 Å². The largest absolute Gasteiger partial charge is 0.497 e. The third-order valence-corrected chi connectivity index (χ3v) is 5.78. The van der Waals surface area contributed by atoms with Crippen molar-refractivity contribution in [2.24, 2.45) is 15.2 Å². The summed E-state index contributed by atoms with van der Waals surface area (Å²) >= 11 is 0. The quantitative estimate of drug-likeness (QED) is 0.179. The minimum absolute atomic E-state index is 0.264. The zero-order valence-electron chi connectivity index (χ0n) is 20.6. The molecule has 0 saturated carbocycles. The maximum Gasteiger partial charge on any atom is 0.288 e. The summed E-state index contributed by atoms with van der Waals surface area (Å²) in [6.07, 6.45) is 1.73. The molecule has 0 spiro atoms. The average molecular weight is 504 g/mol. The Labute approximate surface area is 219 Å². The number of methoxy groups -OCH3 is 1. The molecule has 9 heteroatoms. The van der Waals surface area contributed by atoms with E-state index in [1.807, 2.05) is 60.7 Å². The van der Waals surface area contributed by atoms with Gasteiger partial charge in [0.15, 0.2) is 5.84 Å². The van der Waals surface area contributed by atoms with Gasteiger partial charge in [-0.15, -0.1) is 5.11 Å². The van der Waals surface area contributed by atoms with Crippen LogP contribution in [0, 0.1) is 0 Å². The van der Waals surface area contributed by atoms with Crippen LogP contribution in [0.1, 0.15) is 11.1 Å². The number of anilines is 3. The molecule has 0 unspecified atom stereocenters. The van der Waals surface area contributed by atoms with E-state index < -0.39 is 0 Å². The second-order valence-electron chi connectivity index (χ2n) is 8.39. The number of hydrogen-bond donors (Lipinski definition) is 3. The van der Waals surface area contributed by atoms with Crippen LogP contribution in [-0.2, 0) is 4.79 Å². The standard InChI is InChI=1S/C29H25N7O2/c1-38-22-14-12-21(13-15-22)33-34-25-18-27(24(31)17-23(25)30)36-28(20-10-6-3-7-11-20)32-26(29(37)35-36)16-19-8-4-2-5-9-19/h2-18H,30-31H2,1H3,(H,35,37)/b26-16-,34-33?. The number of ether oxygens (including phenoxy) is 1. The van der Waals surface area contributed by atoms with E-state index in [1.54, 1.807) is 54.6 Å². The zero-order chi connectivity index (χ0) is 26.5. The summed E-state index contributed by atoms with van der Waals surface area (Å²) in [7, 11) is 1.60. The number of amidine groups is 1. The first kappa shape index (κ1) is 24.3. The minimum atomic E-state index is -0.383. The van der Waals surface area contributed by atoms with Gasteiger partial charge < -0.3 is 16.2 Å². The lowest BCUT2D eigenvalue weighted by molar-refractivity contribution is -0.117. The summed E-state index contributed by atoms with van der Waals surface area (Å²) in [6, 6.07) is 29.4. The predicted molar refractivity (Wildman–Crippen MR) is 150 cm³/mol. The van der Waals surface area contributed by atoms with Gasteiger partial charge in [-0.05, 0) is 48.0 Å². The fourth-order valence-electron chi connectivity index (χ4n) is 3.84. The van der Waals surface area contributed by atoms with Gasteiger partial charge in [0.2, 0.25) is 0 Å². The zero-order valence-corrected chi connectivity index (χ0v) is 20.6. The SMILES string of the molecule is COc1ccc(N=Nc2cc(N3NC(=O)/C(=C/c4ccccc4)N=C3c3ccccc3)c(N)cc2N)cc1. The number of nitrogens with one attached hydrogen (secondary N) is 1. The number of nitrogens with two attached hydrogens (primary N) is 2. The van der Waals surface area contributed by atoms with E-state index in [-0.39, 0.29) is 11.6 Å². The molecule has 0 bridgehead atoms. The van der Waals surface area contributed by atoms with Gasteiger partial charge in [-0.2, -0.15) is 5.11 Å². The van der Waals surface area contributed by atoms with Gasteiger partial charge in [0.25, 0.3) is 5.91 Å². The highest BCUT2D eigenvalue weighted by Gasteiger charge is 2.28. The van der Waals surface area contributed by atoms with Crippen LogP contribution in [0.4, 0.5) is 28.4 Å². The van der Waals surface area contributed by atoms with Crippen LogP contribution in [-0.4, -0.2) is 18.9 Å². The molecule has 1 amide bonds. The van der Waals surface area contributed by atoms with Crippen LogP contribution in [0.2, 0.25) is 0 Å². The number of amides is 1. The van der Waals surface area contributed by atoms with Crippen molar-refractivity contribution in [3.8, 4) is 5.75 Å². The fourth-order valence-corrected chi connectivity index (χ4v) is 3.84. The van der Waals surface area contributed by atoms with Crippen LogP contribution in [0.25, 0.3) is 6.08 Å². The highest BCUT2D eigenvalue weighted by Crippen LogP contribution is 2.36. The molecule has 9 nitrogen and oxygen atoms in total. The molecule has 0 fully saturated rings. The Balaban J connectivity index is 1.56. The highest BCUT2D eigenvalue weighted by atomic mass is 16.5. The molecular formula is C29H25N7O2. The molecule has 0 aliphatic carbocycles. The van der Waals surface area contributed by atoms with Crippen molar-refractivity contribution in [3.05, 3.63) is 114 Å². The Hall–Kier alpha value is -5.44. The van der Waals surface area contributed by atoms with E-state index in [0.29, 0.717) is 40.0 Å². The third-order valence-electron chi connectivity index (χ3n) is 5.78. The van der Waals surface area contributed by atoms with E-state index in [1.165, 1.54) is 0 Å². The van der Waals surface area contributed by atoms with E-state index >= 15 is 0 Å². The molecular weight excluding hydrogens is 478 g/mol. The number of hydrogen-bond acceptors (Lipinski definition) is 8. The van der Waals surface area contributed by atoms with Crippen molar-refractivity contribution in [1.82, 2.24) is 5.43 Å². The Bertz CT molecular complexity index is 1550. The van der Waals surface area contributed by atoms with Crippen molar-refractivity contribution in [2.75, 3.05) is 23.6 Å². The van der Waals surface area contributed by atoms with Crippen LogP contribution in [0.15, 0.2) is 118 Å². The molecule has 4 aromatic rings. The number of azo groups is 1. The Morgan fingerprint density at radius 2 is 1.55 bits per heavy atom. The molecule has 1 aliphatic rings. The number of carbonyl (C=O) groups excluding carboxylic acids is 1. The third kappa shape index (κ3) is 5.21. The number of aliphatic imine (C=N–C) groups is 1. The van der Waals surface area contributed by atoms with Gasteiger partial charge in [0.1, 0.15) is 17.1 Å². The minimum Gasteiger partial charge on any atom is -0.497 e. The summed E-state index contributed by atoms with van der Waals surface area (Å²) in [6.45, 7) is 0. The molecule has 0 atom stereocenters. The first-order valence-electron chi connectivity index (χ1n) is 11.8. The van der Waals surface area contributed by atoms with Gasteiger partial charge in [0.05, 0.1) is 29.9 Å². The van der Waals surface area contributed by atoms with Crippen LogP contribution >= 0.6 is 0 Å². The number of carbonyl (C=O) groups is 1. The predicted octanol–water partition coefficient (Wildman–Crippen LogP) is 5.61. The number of hydrazine groups is 1. The summed E-state index contributed by atoms with van der Waals surface area (Å²) in [4.78, 5) is 17.9.